The van der Waals surface area contributed by atoms with Crippen LogP contribution >= 0.6 is 24.8 Å². The lowest BCUT2D eigenvalue weighted by Gasteiger charge is -2.26. The van der Waals surface area contributed by atoms with Crippen LogP contribution < -0.4 is 16.0 Å². The minimum Gasteiger partial charge on any atom is -0.372 e. The van der Waals surface area contributed by atoms with Crippen LogP contribution in [0.15, 0.2) is 24.3 Å². The molecule has 2 rings (SSSR count). The van der Waals surface area contributed by atoms with Crippen LogP contribution in [0, 0.1) is 11.7 Å². The third-order valence-electron chi connectivity index (χ3n) is 4.32. The first kappa shape index (κ1) is 23.0. The molecule has 0 aliphatic heterocycles. The number of carbonyl (C=O) groups excluding carboxylic acids is 1. The van der Waals surface area contributed by atoms with E-state index < -0.39 is 0 Å². The second-order valence-electron chi connectivity index (χ2n) is 6.14. The summed E-state index contributed by atoms with van der Waals surface area (Å²) in [5.74, 6) is -0.0398. The Morgan fingerprint density at radius 3 is 2.71 bits per heavy atom. The van der Waals surface area contributed by atoms with Crippen molar-refractivity contribution in [2.45, 2.75) is 38.1 Å². The molecule has 1 fully saturated rings. The minimum atomic E-state index is -0.217. The molecular weight excluding hydrogens is 352 g/mol. The predicted molar refractivity (Wildman–Crippen MR) is 102 cm³/mol. The van der Waals surface area contributed by atoms with Crippen LogP contribution in [-0.4, -0.2) is 32.1 Å². The van der Waals surface area contributed by atoms with Gasteiger partial charge in [-0.3, -0.25) is 4.79 Å². The van der Waals surface area contributed by atoms with Gasteiger partial charge in [-0.05, 0) is 37.8 Å². The summed E-state index contributed by atoms with van der Waals surface area (Å²) in [4.78, 5) is 13.9. The Kier molecular flexibility index (Phi) is 11.0. The number of nitrogens with two attached hydrogens (primary N) is 1. The molecule has 0 heterocycles. The van der Waals surface area contributed by atoms with Crippen LogP contribution in [0.4, 0.5) is 10.1 Å². The van der Waals surface area contributed by atoms with Crippen LogP contribution in [0.5, 0.6) is 0 Å². The molecule has 7 heteroatoms. The van der Waals surface area contributed by atoms with Gasteiger partial charge in [-0.1, -0.05) is 18.6 Å². The number of benzene rings is 1. The number of amides is 1. The van der Waals surface area contributed by atoms with Crippen molar-refractivity contribution < 1.29 is 9.18 Å². The molecule has 138 valence electrons. The Labute approximate surface area is 156 Å². The maximum absolute atomic E-state index is 13.6. The van der Waals surface area contributed by atoms with Gasteiger partial charge in [0.2, 0.25) is 5.91 Å². The van der Waals surface area contributed by atoms with E-state index in [2.05, 4.69) is 5.32 Å². The van der Waals surface area contributed by atoms with Crippen molar-refractivity contribution in [3.05, 3.63) is 30.1 Å². The van der Waals surface area contributed by atoms with Crippen molar-refractivity contribution >= 4 is 36.4 Å². The molecule has 0 radical (unpaired) electrons. The molecule has 1 aliphatic carbocycles. The van der Waals surface area contributed by atoms with E-state index in [1.165, 1.54) is 6.07 Å². The average Bonchev–Trinajstić information content (AvgIpc) is 2.51. The first-order valence-corrected chi connectivity index (χ1v) is 8.07. The number of anilines is 1. The normalized spacial score (nSPS) is 19.6. The number of nitrogens with one attached hydrogen (secondary N) is 1. The topological polar surface area (TPSA) is 58.4 Å². The lowest BCUT2D eigenvalue weighted by atomic mass is 9.85. The number of para-hydroxylation sites is 1. The molecule has 1 amide bonds. The monoisotopic (exact) mass is 379 g/mol. The molecule has 3 N–H and O–H groups in total. The zero-order chi connectivity index (χ0) is 15.9. The smallest absolute Gasteiger partial charge is 0.223 e. The van der Waals surface area contributed by atoms with Gasteiger partial charge in [0, 0.05) is 32.1 Å². The van der Waals surface area contributed by atoms with Crippen molar-refractivity contribution in [1.82, 2.24) is 5.32 Å². The van der Waals surface area contributed by atoms with E-state index in [1.54, 1.807) is 12.1 Å². The molecule has 1 saturated carbocycles. The Morgan fingerprint density at radius 2 is 2.04 bits per heavy atom. The quantitative estimate of drug-likeness (QED) is 0.746. The van der Waals surface area contributed by atoms with E-state index in [4.69, 9.17) is 5.73 Å². The largest absolute Gasteiger partial charge is 0.372 e. The van der Waals surface area contributed by atoms with Crippen molar-refractivity contribution in [2.75, 3.05) is 25.0 Å². The van der Waals surface area contributed by atoms with Gasteiger partial charge in [-0.15, -0.1) is 24.8 Å². The molecule has 24 heavy (non-hydrogen) atoms. The molecular formula is C17H28Cl2FN3O. The number of halogens is 3. The minimum absolute atomic E-state index is 0. The Hall–Kier alpha value is -1.04. The van der Waals surface area contributed by atoms with Crippen LogP contribution in [0.3, 0.4) is 0 Å². The summed E-state index contributed by atoms with van der Waals surface area (Å²) in [5.41, 5.74) is 6.50. The summed E-state index contributed by atoms with van der Waals surface area (Å²) >= 11 is 0. The van der Waals surface area contributed by atoms with E-state index in [9.17, 15) is 9.18 Å². The number of hydrogen-bond donors (Lipinski definition) is 2. The fourth-order valence-corrected chi connectivity index (χ4v) is 3.02. The van der Waals surface area contributed by atoms with Gasteiger partial charge in [0.25, 0.3) is 0 Å². The highest BCUT2D eigenvalue weighted by molar-refractivity contribution is 5.85. The highest BCUT2D eigenvalue weighted by atomic mass is 35.5. The Bertz CT molecular complexity index is 504. The highest BCUT2D eigenvalue weighted by Crippen LogP contribution is 2.23. The van der Waals surface area contributed by atoms with Crippen molar-refractivity contribution in [3.8, 4) is 0 Å². The van der Waals surface area contributed by atoms with E-state index >= 15 is 0 Å². The summed E-state index contributed by atoms with van der Waals surface area (Å²) < 4.78 is 13.6. The van der Waals surface area contributed by atoms with Crippen molar-refractivity contribution in [2.24, 2.45) is 11.7 Å². The molecule has 0 aromatic heterocycles. The van der Waals surface area contributed by atoms with E-state index in [0.29, 0.717) is 18.8 Å². The predicted octanol–water partition coefficient (Wildman–Crippen LogP) is 3.13. The molecule has 1 aliphatic rings. The first-order valence-electron chi connectivity index (χ1n) is 8.07. The summed E-state index contributed by atoms with van der Waals surface area (Å²) in [7, 11) is 1.86. The van der Waals surface area contributed by atoms with E-state index in [0.717, 1.165) is 32.1 Å². The van der Waals surface area contributed by atoms with Crippen LogP contribution in [0.25, 0.3) is 0 Å². The third kappa shape index (κ3) is 6.83. The fraction of sp³-hybridized carbons (Fsp3) is 0.588. The van der Waals surface area contributed by atoms with Gasteiger partial charge < -0.3 is 16.0 Å². The third-order valence-corrected chi connectivity index (χ3v) is 4.32. The molecule has 0 bridgehead atoms. The first-order chi connectivity index (χ1) is 10.6. The summed E-state index contributed by atoms with van der Waals surface area (Å²) in [6, 6.07) is 6.89. The summed E-state index contributed by atoms with van der Waals surface area (Å²) in [6.45, 7) is 1.31. The highest BCUT2D eigenvalue weighted by Gasteiger charge is 2.24. The van der Waals surface area contributed by atoms with Gasteiger partial charge in [-0.25, -0.2) is 4.39 Å². The number of hydrogen-bond acceptors (Lipinski definition) is 3. The Morgan fingerprint density at radius 1 is 1.33 bits per heavy atom. The average molecular weight is 380 g/mol. The Balaban J connectivity index is 0.00000264. The lowest BCUT2D eigenvalue weighted by molar-refractivity contribution is -0.126. The molecule has 1 aromatic carbocycles. The molecule has 2 atom stereocenters. The maximum Gasteiger partial charge on any atom is 0.223 e. The number of carbonyl (C=O) groups is 1. The van der Waals surface area contributed by atoms with Crippen LogP contribution in [0.2, 0.25) is 0 Å². The van der Waals surface area contributed by atoms with Gasteiger partial charge in [0.05, 0.1) is 5.69 Å². The van der Waals surface area contributed by atoms with Gasteiger partial charge in [-0.2, -0.15) is 0 Å². The maximum atomic E-state index is 13.6. The van der Waals surface area contributed by atoms with E-state index in [1.807, 2.05) is 18.0 Å². The molecule has 1 aromatic rings. The van der Waals surface area contributed by atoms with Gasteiger partial charge in [0.15, 0.2) is 0 Å². The van der Waals surface area contributed by atoms with Crippen LogP contribution in [-0.2, 0) is 4.79 Å². The van der Waals surface area contributed by atoms with Gasteiger partial charge in [0.1, 0.15) is 5.82 Å². The van der Waals surface area contributed by atoms with Crippen LogP contribution in [0.1, 0.15) is 32.1 Å². The number of rotatable bonds is 6. The van der Waals surface area contributed by atoms with Crippen molar-refractivity contribution in [1.29, 1.82) is 0 Å². The fourth-order valence-electron chi connectivity index (χ4n) is 3.02. The van der Waals surface area contributed by atoms with Crippen molar-refractivity contribution in [3.63, 3.8) is 0 Å². The molecule has 2 unspecified atom stereocenters. The standard InChI is InChI=1S/C17H26FN3O.2ClH/c1-21(16-9-3-2-8-15(16)18)11-5-10-20-17(22)13-6-4-7-14(19)12-13;;/h2-3,8-9,13-14H,4-7,10-12,19H2,1H3,(H,20,22);2*1H. The second-order valence-corrected chi connectivity index (χ2v) is 6.14. The zero-order valence-corrected chi connectivity index (χ0v) is 15.7. The summed E-state index contributed by atoms with van der Waals surface area (Å²) in [6.07, 6.45) is 4.58. The molecule has 0 spiro atoms. The van der Waals surface area contributed by atoms with Gasteiger partial charge >= 0.3 is 0 Å². The number of nitrogens with zero attached hydrogens (tertiary/aromatic N) is 1. The summed E-state index contributed by atoms with van der Waals surface area (Å²) in [5, 5.41) is 2.98. The zero-order valence-electron chi connectivity index (χ0n) is 14.0. The SMILES string of the molecule is CN(CCCNC(=O)C1CCCC(N)C1)c1ccccc1F.Cl.Cl. The molecule has 0 saturated heterocycles. The molecule has 4 nitrogen and oxygen atoms in total. The van der Waals surface area contributed by atoms with E-state index in [-0.39, 0.29) is 48.5 Å². The second kappa shape index (κ2) is 11.5. The lowest BCUT2D eigenvalue weighted by Crippen LogP contribution is -2.38.